The zero-order valence-electron chi connectivity index (χ0n) is 14.6. The van der Waals surface area contributed by atoms with Gasteiger partial charge in [0.1, 0.15) is 0 Å². The predicted octanol–water partition coefficient (Wildman–Crippen LogP) is 2.74. The molecule has 2 heterocycles. The number of benzene rings is 1. The van der Waals surface area contributed by atoms with Gasteiger partial charge >= 0.3 is 5.97 Å². The maximum atomic E-state index is 12.1. The third-order valence-electron chi connectivity index (χ3n) is 5.13. The maximum Gasteiger partial charge on any atom is 0.308 e. The molecule has 0 aromatic heterocycles. The SMILES string of the molecule is Cc1cc(Cl)ccc1NC(=S)N1CCC(N2CC(C(=O)O)CC2=O)CC1. The van der Waals surface area contributed by atoms with E-state index in [0.717, 1.165) is 37.2 Å². The van der Waals surface area contributed by atoms with Gasteiger partial charge in [0, 0.05) is 42.8 Å². The lowest BCUT2D eigenvalue weighted by atomic mass is 10.0. The summed E-state index contributed by atoms with van der Waals surface area (Å²) in [5.41, 5.74) is 1.96. The Kier molecular flexibility index (Phi) is 5.67. The molecule has 0 spiro atoms. The smallest absolute Gasteiger partial charge is 0.308 e. The Morgan fingerprint density at radius 2 is 2.04 bits per heavy atom. The largest absolute Gasteiger partial charge is 0.481 e. The van der Waals surface area contributed by atoms with Gasteiger partial charge < -0.3 is 20.2 Å². The maximum absolute atomic E-state index is 12.1. The first-order valence-corrected chi connectivity index (χ1v) is 9.48. The monoisotopic (exact) mass is 395 g/mol. The molecule has 3 rings (SSSR count). The summed E-state index contributed by atoms with van der Waals surface area (Å²) in [5, 5.41) is 13.7. The van der Waals surface area contributed by atoms with Crippen LogP contribution in [0.5, 0.6) is 0 Å². The normalized spacial score (nSPS) is 21.2. The number of thiocarbonyl (C=S) groups is 1. The fourth-order valence-electron chi connectivity index (χ4n) is 3.59. The van der Waals surface area contributed by atoms with Crippen LogP contribution in [0.1, 0.15) is 24.8 Å². The fourth-order valence-corrected chi connectivity index (χ4v) is 4.11. The Labute approximate surface area is 163 Å². The number of carbonyl (C=O) groups is 2. The van der Waals surface area contributed by atoms with Crippen molar-refractivity contribution in [1.82, 2.24) is 9.80 Å². The number of nitrogens with one attached hydrogen (secondary N) is 1. The highest BCUT2D eigenvalue weighted by atomic mass is 35.5. The summed E-state index contributed by atoms with van der Waals surface area (Å²) in [5.74, 6) is -1.51. The fraction of sp³-hybridized carbons (Fsp3) is 0.500. The zero-order chi connectivity index (χ0) is 18.8. The first-order chi connectivity index (χ1) is 12.3. The van der Waals surface area contributed by atoms with Crippen molar-refractivity contribution in [3.8, 4) is 0 Å². The highest BCUT2D eigenvalue weighted by molar-refractivity contribution is 7.80. The van der Waals surface area contributed by atoms with Crippen molar-refractivity contribution >= 4 is 46.5 Å². The number of anilines is 1. The van der Waals surface area contributed by atoms with Crippen LogP contribution in [-0.4, -0.2) is 57.6 Å². The summed E-state index contributed by atoms with van der Waals surface area (Å²) >= 11 is 11.5. The van der Waals surface area contributed by atoms with Gasteiger partial charge in [0.2, 0.25) is 5.91 Å². The Balaban J connectivity index is 1.54. The van der Waals surface area contributed by atoms with Gasteiger partial charge in [-0.1, -0.05) is 11.6 Å². The number of rotatable bonds is 3. The number of piperidine rings is 1. The number of amides is 1. The van der Waals surface area contributed by atoms with Crippen LogP contribution in [-0.2, 0) is 9.59 Å². The quantitative estimate of drug-likeness (QED) is 0.767. The van der Waals surface area contributed by atoms with E-state index >= 15 is 0 Å². The number of aliphatic carboxylic acids is 1. The van der Waals surface area contributed by atoms with E-state index in [9.17, 15) is 9.59 Å². The van der Waals surface area contributed by atoms with E-state index in [-0.39, 0.29) is 18.4 Å². The van der Waals surface area contributed by atoms with Crippen LogP contribution in [0.3, 0.4) is 0 Å². The first-order valence-electron chi connectivity index (χ1n) is 8.69. The van der Waals surface area contributed by atoms with Crippen molar-refractivity contribution in [3.05, 3.63) is 28.8 Å². The molecule has 2 aliphatic rings. The molecule has 1 aromatic rings. The molecule has 0 radical (unpaired) electrons. The number of nitrogens with zero attached hydrogens (tertiary/aromatic N) is 2. The van der Waals surface area contributed by atoms with E-state index in [1.54, 1.807) is 4.90 Å². The van der Waals surface area contributed by atoms with Gasteiger partial charge in [-0.05, 0) is 55.7 Å². The van der Waals surface area contributed by atoms with Crippen molar-refractivity contribution in [1.29, 1.82) is 0 Å². The molecule has 2 saturated heterocycles. The Hall–Kier alpha value is -1.86. The van der Waals surface area contributed by atoms with Gasteiger partial charge in [-0.3, -0.25) is 9.59 Å². The van der Waals surface area contributed by atoms with E-state index in [0.29, 0.717) is 16.7 Å². The van der Waals surface area contributed by atoms with Gasteiger partial charge in [0.25, 0.3) is 0 Å². The highest BCUT2D eigenvalue weighted by Crippen LogP contribution is 2.26. The molecule has 0 saturated carbocycles. The minimum absolute atomic E-state index is 0.0478. The number of carbonyl (C=O) groups excluding carboxylic acids is 1. The number of carboxylic acid groups (broad SMARTS) is 1. The number of aryl methyl sites for hydroxylation is 1. The average Bonchev–Trinajstić information content (AvgIpc) is 2.99. The summed E-state index contributed by atoms with van der Waals surface area (Å²) in [6, 6.07) is 5.72. The van der Waals surface area contributed by atoms with Gasteiger partial charge in [0.05, 0.1) is 5.92 Å². The second-order valence-electron chi connectivity index (χ2n) is 6.89. The molecule has 2 aliphatic heterocycles. The molecule has 6 nitrogen and oxygen atoms in total. The molecular weight excluding hydrogens is 374 g/mol. The van der Waals surface area contributed by atoms with Crippen molar-refractivity contribution in [3.63, 3.8) is 0 Å². The van der Waals surface area contributed by atoms with E-state index < -0.39 is 11.9 Å². The Morgan fingerprint density at radius 3 is 2.62 bits per heavy atom. The predicted molar refractivity (Wildman–Crippen MR) is 104 cm³/mol. The van der Waals surface area contributed by atoms with Crippen molar-refractivity contribution in [2.24, 2.45) is 5.92 Å². The molecular formula is C18H22ClN3O3S. The van der Waals surface area contributed by atoms with Gasteiger partial charge in [-0.2, -0.15) is 0 Å². The second kappa shape index (κ2) is 7.80. The number of carboxylic acids is 1. The third kappa shape index (κ3) is 4.10. The molecule has 8 heteroatoms. The van der Waals surface area contributed by atoms with Crippen molar-refractivity contribution in [2.45, 2.75) is 32.2 Å². The minimum Gasteiger partial charge on any atom is -0.481 e. The van der Waals surface area contributed by atoms with E-state index in [1.807, 2.05) is 25.1 Å². The van der Waals surface area contributed by atoms with Crippen LogP contribution in [0.4, 0.5) is 5.69 Å². The van der Waals surface area contributed by atoms with Crippen molar-refractivity contribution < 1.29 is 14.7 Å². The second-order valence-corrected chi connectivity index (χ2v) is 7.72. The summed E-state index contributed by atoms with van der Waals surface area (Å²) < 4.78 is 0. The number of halogens is 1. The average molecular weight is 396 g/mol. The Morgan fingerprint density at radius 1 is 1.35 bits per heavy atom. The zero-order valence-corrected chi connectivity index (χ0v) is 16.1. The molecule has 1 aromatic carbocycles. The number of likely N-dealkylation sites (tertiary alicyclic amines) is 2. The minimum atomic E-state index is -0.887. The third-order valence-corrected chi connectivity index (χ3v) is 5.73. The van der Waals surface area contributed by atoms with Crippen LogP contribution in [0.25, 0.3) is 0 Å². The van der Waals surface area contributed by atoms with Crippen LogP contribution >= 0.6 is 23.8 Å². The highest BCUT2D eigenvalue weighted by Gasteiger charge is 2.39. The van der Waals surface area contributed by atoms with Gasteiger partial charge in [-0.25, -0.2) is 0 Å². The summed E-state index contributed by atoms with van der Waals surface area (Å²) in [4.78, 5) is 27.1. The molecule has 1 atom stereocenters. The van der Waals surface area contributed by atoms with E-state index in [2.05, 4.69) is 10.2 Å². The first kappa shape index (κ1) is 18.9. The number of hydrogen-bond donors (Lipinski definition) is 2. The van der Waals surface area contributed by atoms with Crippen LogP contribution in [0.15, 0.2) is 18.2 Å². The summed E-state index contributed by atoms with van der Waals surface area (Å²) in [6.45, 7) is 3.78. The Bertz CT molecular complexity index is 734. The molecule has 26 heavy (non-hydrogen) atoms. The molecule has 0 aliphatic carbocycles. The lowest BCUT2D eigenvalue weighted by molar-refractivity contribution is -0.141. The van der Waals surface area contributed by atoms with Gasteiger partial charge in [0.15, 0.2) is 5.11 Å². The van der Waals surface area contributed by atoms with E-state index in [1.165, 1.54) is 0 Å². The summed E-state index contributed by atoms with van der Waals surface area (Å²) in [6.07, 6.45) is 1.70. The lowest BCUT2D eigenvalue weighted by Crippen LogP contribution is -2.48. The molecule has 1 amide bonds. The number of hydrogen-bond acceptors (Lipinski definition) is 3. The van der Waals surface area contributed by atoms with Gasteiger partial charge in [-0.15, -0.1) is 0 Å². The van der Waals surface area contributed by atoms with E-state index in [4.69, 9.17) is 28.9 Å². The summed E-state index contributed by atoms with van der Waals surface area (Å²) in [7, 11) is 0. The molecule has 140 valence electrons. The molecule has 0 bridgehead atoms. The molecule has 2 N–H and O–H groups in total. The topological polar surface area (TPSA) is 72.9 Å². The lowest BCUT2D eigenvalue weighted by Gasteiger charge is -2.38. The van der Waals surface area contributed by atoms with Crippen LogP contribution in [0, 0.1) is 12.8 Å². The molecule has 1 unspecified atom stereocenters. The standard InChI is InChI=1S/C18H22ClN3O3S/c1-11-8-13(19)2-3-15(11)20-18(26)21-6-4-14(5-7-21)22-10-12(17(24)25)9-16(22)23/h2-3,8,12,14H,4-7,9-10H2,1H3,(H,20,26)(H,24,25). The van der Waals surface area contributed by atoms with Crippen LogP contribution in [0.2, 0.25) is 5.02 Å². The molecule has 2 fully saturated rings. The van der Waals surface area contributed by atoms with Crippen LogP contribution < -0.4 is 5.32 Å². The van der Waals surface area contributed by atoms with Crippen molar-refractivity contribution in [2.75, 3.05) is 25.0 Å².